The zero-order valence-corrected chi connectivity index (χ0v) is 11.1. The Labute approximate surface area is 115 Å². The van der Waals surface area contributed by atoms with E-state index in [9.17, 15) is 4.79 Å². The molecule has 1 atom stereocenters. The van der Waals surface area contributed by atoms with Gasteiger partial charge in [-0.25, -0.2) is 4.98 Å². The highest BCUT2D eigenvalue weighted by molar-refractivity contribution is 7.99. The molecule has 2 aromatic rings. The molecular formula is C13H15N3O2S. The van der Waals surface area contributed by atoms with Crippen molar-refractivity contribution in [3.8, 4) is 0 Å². The molecule has 1 aromatic heterocycles. The number of aromatic nitrogens is 1. The number of carbonyl (C=O) groups is 1. The van der Waals surface area contributed by atoms with Crippen molar-refractivity contribution in [2.45, 2.75) is 17.2 Å². The van der Waals surface area contributed by atoms with E-state index in [0.717, 1.165) is 5.56 Å². The fraction of sp³-hybridized carbons (Fsp3) is 0.231. The smallest absolute Gasteiger partial charge is 0.255 e. The molecule has 4 N–H and O–H groups in total. The monoisotopic (exact) mass is 277 g/mol. The summed E-state index contributed by atoms with van der Waals surface area (Å²) in [5, 5.41) is 0.555. The summed E-state index contributed by atoms with van der Waals surface area (Å²) in [6, 6.07) is 9.15. The van der Waals surface area contributed by atoms with E-state index in [4.69, 9.17) is 15.9 Å². The van der Waals surface area contributed by atoms with Crippen LogP contribution in [0.15, 0.2) is 52.4 Å². The first-order valence-electron chi connectivity index (χ1n) is 5.79. The van der Waals surface area contributed by atoms with Crippen molar-refractivity contribution in [3.05, 3.63) is 48.4 Å². The molecule has 100 valence electrons. The van der Waals surface area contributed by atoms with Gasteiger partial charge in [-0.2, -0.15) is 0 Å². The summed E-state index contributed by atoms with van der Waals surface area (Å²) in [5.41, 5.74) is 11.2. The lowest BCUT2D eigenvalue weighted by Crippen LogP contribution is -2.49. The molecule has 0 aliphatic heterocycles. The molecule has 0 radical (unpaired) electrons. The molecule has 0 saturated heterocycles. The first kappa shape index (κ1) is 13.6. The van der Waals surface area contributed by atoms with Gasteiger partial charge in [0.2, 0.25) is 5.91 Å². The van der Waals surface area contributed by atoms with Crippen molar-refractivity contribution >= 4 is 17.7 Å². The number of nitrogens with two attached hydrogens (primary N) is 2. The second-order valence-corrected chi connectivity index (χ2v) is 5.14. The Balaban J connectivity index is 2.06. The van der Waals surface area contributed by atoms with E-state index >= 15 is 0 Å². The van der Waals surface area contributed by atoms with E-state index in [1.54, 1.807) is 18.3 Å². The lowest BCUT2D eigenvalue weighted by atomic mass is 9.88. The Bertz CT molecular complexity index is 530. The standard InChI is InChI=1S/C13H15N3O2S/c14-11(17)13(15,10-4-2-1-3-5-10)6-9-19-12-16-7-8-18-12/h1-5,7-8H,6,9,15H2,(H2,14,17). The summed E-state index contributed by atoms with van der Waals surface area (Å²) >= 11 is 1.40. The molecule has 1 heterocycles. The number of nitrogens with zero attached hydrogens (tertiary/aromatic N) is 1. The lowest BCUT2D eigenvalue weighted by Gasteiger charge is -2.26. The van der Waals surface area contributed by atoms with Crippen LogP contribution < -0.4 is 11.5 Å². The number of benzene rings is 1. The average molecular weight is 277 g/mol. The number of oxazole rings is 1. The van der Waals surface area contributed by atoms with Gasteiger partial charge < -0.3 is 15.9 Å². The molecule has 0 saturated carbocycles. The molecule has 5 nitrogen and oxygen atoms in total. The Morgan fingerprint density at radius 2 is 2.11 bits per heavy atom. The molecule has 0 bridgehead atoms. The van der Waals surface area contributed by atoms with E-state index in [0.29, 0.717) is 17.4 Å². The van der Waals surface area contributed by atoms with Crippen LogP contribution in [-0.2, 0) is 10.3 Å². The highest BCUT2D eigenvalue weighted by Gasteiger charge is 2.33. The topological polar surface area (TPSA) is 95.1 Å². The van der Waals surface area contributed by atoms with E-state index in [1.807, 2.05) is 18.2 Å². The maximum Gasteiger partial charge on any atom is 0.255 e. The van der Waals surface area contributed by atoms with Gasteiger partial charge in [0.1, 0.15) is 11.8 Å². The molecule has 1 amide bonds. The fourth-order valence-corrected chi connectivity index (χ4v) is 2.58. The predicted molar refractivity (Wildman–Crippen MR) is 73.3 cm³/mol. The third-order valence-corrected chi connectivity index (χ3v) is 3.72. The minimum atomic E-state index is -1.17. The van der Waals surface area contributed by atoms with Gasteiger partial charge in [0, 0.05) is 5.75 Å². The average Bonchev–Trinajstić information content (AvgIpc) is 2.92. The predicted octanol–water partition coefficient (Wildman–Crippen LogP) is 1.50. The molecule has 19 heavy (non-hydrogen) atoms. The number of primary amides is 1. The summed E-state index contributed by atoms with van der Waals surface area (Å²) in [5.74, 6) is 0.0567. The number of hydrogen-bond acceptors (Lipinski definition) is 5. The summed E-state index contributed by atoms with van der Waals surface area (Å²) < 4.78 is 5.11. The Hall–Kier alpha value is -1.79. The van der Waals surface area contributed by atoms with Crippen molar-refractivity contribution in [3.63, 3.8) is 0 Å². The Morgan fingerprint density at radius 1 is 1.37 bits per heavy atom. The lowest BCUT2D eigenvalue weighted by molar-refractivity contribution is -0.123. The number of thioether (sulfide) groups is 1. The zero-order chi connectivity index (χ0) is 13.7. The first-order chi connectivity index (χ1) is 9.13. The molecule has 1 unspecified atom stereocenters. The molecule has 6 heteroatoms. The van der Waals surface area contributed by atoms with Crippen molar-refractivity contribution < 1.29 is 9.21 Å². The van der Waals surface area contributed by atoms with E-state index < -0.39 is 11.4 Å². The highest BCUT2D eigenvalue weighted by Crippen LogP contribution is 2.26. The molecule has 0 spiro atoms. The largest absolute Gasteiger partial charge is 0.440 e. The summed E-state index contributed by atoms with van der Waals surface area (Å²) in [6.45, 7) is 0. The maximum atomic E-state index is 11.7. The molecule has 0 aliphatic carbocycles. The highest BCUT2D eigenvalue weighted by atomic mass is 32.2. The summed E-state index contributed by atoms with van der Waals surface area (Å²) in [7, 11) is 0. The van der Waals surface area contributed by atoms with E-state index in [-0.39, 0.29) is 0 Å². The maximum absolute atomic E-state index is 11.7. The minimum Gasteiger partial charge on any atom is -0.440 e. The summed E-state index contributed by atoms with van der Waals surface area (Å²) in [6.07, 6.45) is 3.49. The van der Waals surface area contributed by atoms with Gasteiger partial charge in [-0.3, -0.25) is 4.79 Å². The van der Waals surface area contributed by atoms with Gasteiger partial charge in [-0.15, -0.1) is 0 Å². The van der Waals surface area contributed by atoms with Crippen LogP contribution in [0.3, 0.4) is 0 Å². The van der Waals surface area contributed by atoms with Crippen LogP contribution in [0, 0.1) is 0 Å². The molecule has 1 aromatic carbocycles. The number of rotatable bonds is 6. The third kappa shape index (κ3) is 3.15. The molecule has 2 rings (SSSR count). The van der Waals surface area contributed by atoms with Gasteiger partial charge >= 0.3 is 0 Å². The van der Waals surface area contributed by atoms with Crippen LogP contribution in [0.2, 0.25) is 0 Å². The molecular weight excluding hydrogens is 262 g/mol. The second-order valence-electron chi connectivity index (χ2n) is 4.10. The first-order valence-corrected chi connectivity index (χ1v) is 6.78. The number of hydrogen-bond donors (Lipinski definition) is 2. The number of amides is 1. The zero-order valence-electron chi connectivity index (χ0n) is 10.3. The van der Waals surface area contributed by atoms with E-state index in [2.05, 4.69) is 4.98 Å². The van der Waals surface area contributed by atoms with Gasteiger partial charge in [-0.05, 0) is 12.0 Å². The van der Waals surface area contributed by atoms with Crippen LogP contribution in [0.1, 0.15) is 12.0 Å². The van der Waals surface area contributed by atoms with Gasteiger partial charge in [0.15, 0.2) is 0 Å². The van der Waals surface area contributed by atoms with Crippen LogP contribution >= 0.6 is 11.8 Å². The molecule has 0 fully saturated rings. The van der Waals surface area contributed by atoms with Gasteiger partial charge in [-0.1, -0.05) is 42.1 Å². The Kier molecular flexibility index (Phi) is 4.24. The van der Waals surface area contributed by atoms with Crippen LogP contribution in [0.4, 0.5) is 0 Å². The third-order valence-electron chi connectivity index (χ3n) is 2.86. The second kappa shape index (κ2) is 5.90. The fourth-order valence-electron chi connectivity index (χ4n) is 1.73. The van der Waals surface area contributed by atoms with Gasteiger partial charge in [0.25, 0.3) is 5.22 Å². The van der Waals surface area contributed by atoms with Crippen molar-refractivity contribution in [2.75, 3.05) is 5.75 Å². The SMILES string of the molecule is NC(=O)C(N)(CCSc1ncco1)c1ccccc1. The number of carbonyl (C=O) groups excluding carboxylic acids is 1. The minimum absolute atomic E-state index is 0.416. The molecule has 0 aliphatic rings. The Morgan fingerprint density at radius 3 is 2.68 bits per heavy atom. The van der Waals surface area contributed by atoms with Gasteiger partial charge in [0.05, 0.1) is 6.20 Å². The van der Waals surface area contributed by atoms with Crippen LogP contribution in [0.5, 0.6) is 0 Å². The normalized spacial score (nSPS) is 13.9. The quantitative estimate of drug-likeness (QED) is 0.780. The van der Waals surface area contributed by atoms with E-state index in [1.165, 1.54) is 18.0 Å². The van der Waals surface area contributed by atoms with Crippen molar-refractivity contribution in [1.82, 2.24) is 4.98 Å². The van der Waals surface area contributed by atoms with Crippen LogP contribution in [-0.4, -0.2) is 16.6 Å². The van der Waals surface area contributed by atoms with Crippen LogP contribution in [0.25, 0.3) is 0 Å². The summed E-state index contributed by atoms with van der Waals surface area (Å²) in [4.78, 5) is 15.7. The van der Waals surface area contributed by atoms with Crippen molar-refractivity contribution in [2.24, 2.45) is 11.5 Å². The van der Waals surface area contributed by atoms with Crippen molar-refractivity contribution in [1.29, 1.82) is 0 Å².